The number of esters is 1. The summed E-state index contributed by atoms with van der Waals surface area (Å²) in [5, 5.41) is 3.32. The summed E-state index contributed by atoms with van der Waals surface area (Å²) in [5.74, 6) is -0.952. The van der Waals surface area contributed by atoms with Crippen molar-refractivity contribution in [2.24, 2.45) is 4.99 Å². The van der Waals surface area contributed by atoms with Crippen molar-refractivity contribution >= 4 is 57.7 Å². The Balaban J connectivity index is 1.48. The first-order valence-corrected chi connectivity index (χ1v) is 12.0. The molecule has 178 valence electrons. The summed E-state index contributed by atoms with van der Waals surface area (Å²) in [5.41, 5.74) is 2.53. The molecule has 3 aromatic carbocycles. The number of ether oxygens (including phenoxy) is 1. The highest BCUT2D eigenvalue weighted by atomic mass is 35.5. The second-order valence-corrected chi connectivity index (χ2v) is 9.31. The predicted octanol–water partition coefficient (Wildman–Crippen LogP) is 5.29. The molecule has 0 radical (unpaired) electrons. The van der Waals surface area contributed by atoms with Crippen LogP contribution in [0.1, 0.15) is 22.3 Å². The fourth-order valence-corrected chi connectivity index (χ4v) is 4.73. The average Bonchev–Trinajstić information content (AvgIpc) is 3.14. The summed E-state index contributed by atoms with van der Waals surface area (Å²) in [4.78, 5) is 43.8. The summed E-state index contributed by atoms with van der Waals surface area (Å²) >= 11 is 7.27. The Bertz CT molecular complexity index is 1250. The topological polar surface area (TPSA) is 88.1 Å². The molecule has 1 atom stereocenters. The first kappa shape index (κ1) is 24.5. The van der Waals surface area contributed by atoms with Crippen LogP contribution in [0, 0.1) is 0 Å². The number of benzene rings is 3. The van der Waals surface area contributed by atoms with Crippen LogP contribution in [0.15, 0.2) is 83.9 Å². The highest BCUT2D eigenvalue weighted by molar-refractivity contribution is 8.15. The quantitative estimate of drug-likeness (QED) is 0.439. The van der Waals surface area contributed by atoms with Crippen LogP contribution in [-0.4, -0.2) is 40.2 Å². The third-order valence-electron chi connectivity index (χ3n) is 5.22. The molecule has 0 aliphatic carbocycles. The van der Waals surface area contributed by atoms with Gasteiger partial charge in [0.05, 0.1) is 24.9 Å². The lowest BCUT2D eigenvalue weighted by atomic mass is 10.2. The maximum absolute atomic E-state index is 13.3. The number of carbonyl (C=O) groups is 3. The average molecular weight is 508 g/mol. The molecule has 35 heavy (non-hydrogen) atoms. The van der Waals surface area contributed by atoms with E-state index in [1.165, 1.54) is 18.9 Å². The zero-order valence-electron chi connectivity index (χ0n) is 18.8. The summed E-state index contributed by atoms with van der Waals surface area (Å²) in [7, 11) is 1.31. The molecule has 9 heteroatoms. The van der Waals surface area contributed by atoms with Crippen LogP contribution in [0.5, 0.6) is 0 Å². The molecule has 3 aromatic rings. The number of carbonyl (C=O) groups excluding carboxylic acids is 3. The van der Waals surface area contributed by atoms with Crippen molar-refractivity contribution in [3.8, 4) is 0 Å². The summed E-state index contributed by atoms with van der Waals surface area (Å²) in [6, 6.07) is 23.0. The molecule has 1 aliphatic heterocycles. The van der Waals surface area contributed by atoms with Crippen molar-refractivity contribution < 1.29 is 19.1 Å². The van der Waals surface area contributed by atoms with E-state index in [0.717, 1.165) is 11.3 Å². The van der Waals surface area contributed by atoms with Gasteiger partial charge in [-0.3, -0.25) is 14.5 Å². The standard InChI is InChI=1S/C26H22ClN3O4S/c1-34-25(33)18-9-13-21(14-10-18)28-23(31)15-22-24(32)30(16-17-7-11-19(27)12-8-17)26(35-22)29-20-5-3-2-4-6-20/h2-14,22H,15-16H2,1H3,(H,28,31)/t22-/m0/s1. The van der Waals surface area contributed by atoms with E-state index in [1.807, 2.05) is 42.5 Å². The van der Waals surface area contributed by atoms with E-state index in [2.05, 4.69) is 15.0 Å². The van der Waals surface area contributed by atoms with Gasteiger partial charge in [-0.2, -0.15) is 0 Å². The third-order valence-corrected chi connectivity index (χ3v) is 6.64. The molecule has 4 rings (SSSR count). The summed E-state index contributed by atoms with van der Waals surface area (Å²) in [6.45, 7) is 0.321. The van der Waals surface area contributed by atoms with E-state index in [1.54, 1.807) is 41.3 Å². The molecular formula is C26H22ClN3O4S. The van der Waals surface area contributed by atoms with Crippen LogP contribution in [0.4, 0.5) is 11.4 Å². The number of nitrogens with one attached hydrogen (secondary N) is 1. The van der Waals surface area contributed by atoms with Gasteiger partial charge < -0.3 is 10.1 Å². The molecular weight excluding hydrogens is 486 g/mol. The van der Waals surface area contributed by atoms with E-state index in [9.17, 15) is 14.4 Å². The van der Waals surface area contributed by atoms with Crippen molar-refractivity contribution in [2.75, 3.05) is 12.4 Å². The number of rotatable bonds is 7. The molecule has 0 unspecified atom stereocenters. The highest BCUT2D eigenvalue weighted by Gasteiger charge is 2.39. The minimum atomic E-state index is -0.612. The SMILES string of the molecule is COC(=O)c1ccc(NC(=O)C[C@@H]2SC(=Nc3ccccc3)N(Cc3ccc(Cl)cc3)C2=O)cc1. The van der Waals surface area contributed by atoms with Gasteiger partial charge in [0.2, 0.25) is 11.8 Å². The molecule has 2 amide bonds. The fourth-order valence-electron chi connectivity index (χ4n) is 3.44. The van der Waals surface area contributed by atoms with Gasteiger partial charge in [0.15, 0.2) is 5.17 Å². The van der Waals surface area contributed by atoms with Crippen molar-refractivity contribution in [3.05, 3.63) is 95.0 Å². The van der Waals surface area contributed by atoms with E-state index >= 15 is 0 Å². The van der Waals surface area contributed by atoms with E-state index < -0.39 is 11.2 Å². The Morgan fingerprint density at radius 1 is 1.03 bits per heavy atom. The number of hydrogen-bond acceptors (Lipinski definition) is 6. The molecule has 1 N–H and O–H groups in total. The highest BCUT2D eigenvalue weighted by Crippen LogP contribution is 2.33. The molecule has 0 aromatic heterocycles. The van der Waals surface area contributed by atoms with Crippen molar-refractivity contribution in [1.82, 2.24) is 4.90 Å². The van der Waals surface area contributed by atoms with Gasteiger partial charge in [0.25, 0.3) is 0 Å². The Morgan fingerprint density at radius 3 is 2.37 bits per heavy atom. The number of halogens is 1. The molecule has 1 heterocycles. The third kappa shape index (κ3) is 6.29. The number of anilines is 1. The van der Waals surface area contributed by atoms with Crippen LogP contribution in [0.25, 0.3) is 0 Å². The van der Waals surface area contributed by atoms with Gasteiger partial charge in [0, 0.05) is 17.1 Å². The first-order chi connectivity index (χ1) is 16.9. The summed E-state index contributed by atoms with van der Waals surface area (Å²) < 4.78 is 4.68. The predicted molar refractivity (Wildman–Crippen MR) is 138 cm³/mol. The van der Waals surface area contributed by atoms with E-state index in [0.29, 0.717) is 28.0 Å². The number of hydrogen-bond donors (Lipinski definition) is 1. The van der Waals surface area contributed by atoms with Gasteiger partial charge in [-0.15, -0.1) is 0 Å². The van der Waals surface area contributed by atoms with E-state index in [-0.39, 0.29) is 18.2 Å². The van der Waals surface area contributed by atoms with Crippen LogP contribution >= 0.6 is 23.4 Å². The lowest BCUT2D eigenvalue weighted by molar-refractivity contribution is -0.128. The molecule has 0 spiro atoms. The number of aliphatic imine (C=N–C) groups is 1. The van der Waals surface area contributed by atoms with Crippen LogP contribution in [0.2, 0.25) is 5.02 Å². The normalized spacial score (nSPS) is 16.4. The maximum Gasteiger partial charge on any atom is 0.337 e. The number of amidine groups is 1. The van der Waals surface area contributed by atoms with Gasteiger partial charge in [-0.05, 0) is 54.1 Å². The number of methoxy groups -OCH3 is 1. The Labute approximate surface area is 212 Å². The van der Waals surface area contributed by atoms with Crippen molar-refractivity contribution in [2.45, 2.75) is 18.2 Å². The first-order valence-electron chi connectivity index (χ1n) is 10.8. The minimum Gasteiger partial charge on any atom is -0.465 e. The van der Waals surface area contributed by atoms with Gasteiger partial charge in [-0.25, -0.2) is 9.79 Å². The molecule has 0 bridgehead atoms. The number of nitrogens with zero attached hydrogens (tertiary/aromatic N) is 2. The molecule has 1 saturated heterocycles. The lowest BCUT2D eigenvalue weighted by Crippen LogP contribution is -2.33. The summed E-state index contributed by atoms with van der Waals surface area (Å²) in [6.07, 6.45) is -0.0207. The zero-order chi connectivity index (χ0) is 24.8. The molecule has 1 aliphatic rings. The monoisotopic (exact) mass is 507 g/mol. The zero-order valence-corrected chi connectivity index (χ0v) is 20.4. The minimum absolute atomic E-state index is 0.0207. The molecule has 0 saturated carbocycles. The van der Waals surface area contributed by atoms with Crippen LogP contribution < -0.4 is 5.32 Å². The maximum atomic E-state index is 13.3. The molecule has 7 nitrogen and oxygen atoms in total. The second-order valence-electron chi connectivity index (χ2n) is 7.71. The Hall–Kier alpha value is -3.62. The number of thioether (sulfide) groups is 1. The Morgan fingerprint density at radius 2 is 1.71 bits per heavy atom. The van der Waals surface area contributed by atoms with E-state index in [4.69, 9.17) is 11.6 Å². The van der Waals surface area contributed by atoms with Crippen molar-refractivity contribution in [1.29, 1.82) is 0 Å². The Kier molecular flexibility index (Phi) is 7.84. The van der Waals surface area contributed by atoms with Gasteiger partial charge >= 0.3 is 5.97 Å². The van der Waals surface area contributed by atoms with Crippen molar-refractivity contribution in [3.63, 3.8) is 0 Å². The van der Waals surface area contributed by atoms with Crippen LogP contribution in [-0.2, 0) is 20.9 Å². The number of amides is 2. The van der Waals surface area contributed by atoms with Crippen LogP contribution in [0.3, 0.4) is 0 Å². The largest absolute Gasteiger partial charge is 0.465 e. The number of para-hydroxylation sites is 1. The second kappa shape index (κ2) is 11.2. The molecule has 1 fully saturated rings. The van der Waals surface area contributed by atoms with Gasteiger partial charge in [-0.1, -0.05) is 53.7 Å². The van der Waals surface area contributed by atoms with Gasteiger partial charge in [0.1, 0.15) is 5.25 Å². The lowest BCUT2D eigenvalue weighted by Gasteiger charge is -2.16. The fraction of sp³-hybridized carbons (Fsp3) is 0.154. The smallest absolute Gasteiger partial charge is 0.337 e.